The third-order valence-electron chi connectivity index (χ3n) is 2.67. The first kappa shape index (κ1) is 15.8. The molecular formula is C11H23N5O2S. The van der Waals surface area contributed by atoms with Crippen LogP contribution in [0, 0.1) is 0 Å². The van der Waals surface area contributed by atoms with Gasteiger partial charge in [0.05, 0.1) is 17.1 Å². The van der Waals surface area contributed by atoms with E-state index in [4.69, 9.17) is 5.73 Å². The van der Waals surface area contributed by atoms with Gasteiger partial charge in [0, 0.05) is 20.1 Å². The molecule has 0 saturated carbocycles. The Bertz CT molecular complexity index is 509. The number of anilines is 2. The molecule has 1 heterocycles. The summed E-state index contributed by atoms with van der Waals surface area (Å²) in [5.41, 5.74) is 7.44. The highest BCUT2D eigenvalue weighted by atomic mass is 32.2. The van der Waals surface area contributed by atoms with E-state index in [-0.39, 0.29) is 5.75 Å². The van der Waals surface area contributed by atoms with Crippen LogP contribution in [0.25, 0.3) is 0 Å². The first-order valence-electron chi connectivity index (χ1n) is 6.43. The number of hydrogen-bond acceptors (Lipinski definition) is 5. The number of sulfonamides is 1. The largest absolute Gasteiger partial charge is 0.394 e. The van der Waals surface area contributed by atoms with E-state index in [1.165, 1.54) is 0 Å². The van der Waals surface area contributed by atoms with E-state index in [0.29, 0.717) is 24.6 Å². The molecule has 19 heavy (non-hydrogen) atoms. The lowest BCUT2D eigenvalue weighted by Gasteiger charge is -2.08. The molecule has 1 rings (SSSR count). The lowest BCUT2D eigenvalue weighted by Crippen LogP contribution is -2.29. The summed E-state index contributed by atoms with van der Waals surface area (Å²) in [5.74, 6) is 0.685. The van der Waals surface area contributed by atoms with Gasteiger partial charge in [-0.1, -0.05) is 20.3 Å². The number of nitrogens with two attached hydrogens (primary N) is 1. The summed E-state index contributed by atoms with van der Waals surface area (Å²) < 4.78 is 27.1. The van der Waals surface area contributed by atoms with Crippen molar-refractivity contribution in [2.75, 3.05) is 29.9 Å². The number of aryl methyl sites for hydroxylation is 2. The van der Waals surface area contributed by atoms with Crippen molar-refractivity contribution in [2.24, 2.45) is 7.05 Å². The number of hydrogen-bond donors (Lipinski definition) is 3. The molecule has 4 N–H and O–H groups in total. The molecule has 8 heteroatoms. The summed E-state index contributed by atoms with van der Waals surface area (Å²) in [5, 5.41) is 7.35. The Morgan fingerprint density at radius 1 is 1.37 bits per heavy atom. The van der Waals surface area contributed by atoms with Gasteiger partial charge in [0.25, 0.3) is 0 Å². The molecule has 0 atom stereocenters. The Labute approximate surface area is 114 Å². The molecule has 0 aliphatic heterocycles. The molecule has 0 aromatic carbocycles. The van der Waals surface area contributed by atoms with Gasteiger partial charge in [-0.15, -0.1) is 0 Å². The van der Waals surface area contributed by atoms with Gasteiger partial charge in [-0.3, -0.25) is 4.68 Å². The van der Waals surface area contributed by atoms with Crippen molar-refractivity contribution in [1.82, 2.24) is 14.5 Å². The maximum Gasteiger partial charge on any atom is 0.213 e. The molecule has 7 nitrogen and oxygen atoms in total. The summed E-state index contributed by atoms with van der Waals surface area (Å²) in [7, 11) is -1.43. The maximum atomic E-state index is 11.5. The number of nitrogen functional groups attached to an aromatic ring is 1. The minimum absolute atomic E-state index is 0.00850. The molecule has 110 valence electrons. The second-order valence-corrected chi connectivity index (χ2v) is 6.25. The van der Waals surface area contributed by atoms with Crippen LogP contribution >= 0.6 is 0 Å². The van der Waals surface area contributed by atoms with E-state index in [1.54, 1.807) is 18.7 Å². The second kappa shape index (κ2) is 6.76. The van der Waals surface area contributed by atoms with Crippen LogP contribution in [0.3, 0.4) is 0 Å². The van der Waals surface area contributed by atoms with Gasteiger partial charge in [0.2, 0.25) is 10.0 Å². The van der Waals surface area contributed by atoms with E-state index in [2.05, 4.69) is 22.1 Å². The number of nitrogens with one attached hydrogen (secondary N) is 2. The highest BCUT2D eigenvalue weighted by molar-refractivity contribution is 7.89. The number of nitrogens with zero attached hydrogens (tertiary/aromatic N) is 2. The molecule has 0 aliphatic carbocycles. The highest BCUT2D eigenvalue weighted by Gasteiger charge is 2.13. The number of aromatic nitrogens is 2. The summed E-state index contributed by atoms with van der Waals surface area (Å²) in [6.07, 6.45) is 1.78. The van der Waals surface area contributed by atoms with Crippen LogP contribution < -0.4 is 15.8 Å². The third kappa shape index (κ3) is 4.39. The SMILES string of the molecule is CCCc1nn(C)c(NCCS(=O)(=O)NCC)c1N. The maximum absolute atomic E-state index is 11.5. The molecule has 1 aromatic heterocycles. The fourth-order valence-corrected chi connectivity index (χ4v) is 2.78. The van der Waals surface area contributed by atoms with Crippen LogP contribution in [0.5, 0.6) is 0 Å². The van der Waals surface area contributed by atoms with E-state index in [9.17, 15) is 8.42 Å². The molecule has 0 aliphatic rings. The summed E-state index contributed by atoms with van der Waals surface area (Å²) in [6.45, 7) is 4.51. The second-order valence-electron chi connectivity index (χ2n) is 4.33. The van der Waals surface area contributed by atoms with Gasteiger partial charge in [-0.25, -0.2) is 13.1 Å². The van der Waals surface area contributed by atoms with Crippen LogP contribution in [0.15, 0.2) is 0 Å². The van der Waals surface area contributed by atoms with Crippen LogP contribution in [-0.2, 0) is 23.5 Å². The fraction of sp³-hybridized carbons (Fsp3) is 0.727. The number of rotatable bonds is 8. The van der Waals surface area contributed by atoms with Crippen molar-refractivity contribution in [3.63, 3.8) is 0 Å². The van der Waals surface area contributed by atoms with E-state index in [1.807, 2.05) is 0 Å². The molecule has 0 bridgehead atoms. The standard InChI is InChI=1S/C11H23N5O2S/c1-4-6-9-10(12)11(16(3)15-9)13-7-8-19(17,18)14-5-2/h13-14H,4-8,12H2,1-3H3. The van der Waals surface area contributed by atoms with Gasteiger partial charge < -0.3 is 11.1 Å². The quantitative estimate of drug-likeness (QED) is 0.639. The zero-order chi connectivity index (χ0) is 14.5. The van der Waals surface area contributed by atoms with E-state index < -0.39 is 10.0 Å². The Balaban J connectivity index is 2.63. The van der Waals surface area contributed by atoms with Crippen LogP contribution in [0.4, 0.5) is 11.5 Å². The molecule has 0 spiro atoms. The Morgan fingerprint density at radius 3 is 2.63 bits per heavy atom. The van der Waals surface area contributed by atoms with Crippen LogP contribution in [0.1, 0.15) is 26.0 Å². The first-order chi connectivity index (χ1) is 8.91. The normalized spacial score (nSPS) is 11.7. The average Bonchev–Trinajstić information content (AvgIpc) is 2.57. The van der Waals surface area contributed by atoms with Crippen molar-refractivity contribution >= 4 is 21.5 Å². The van der Waals surface area contributed by atoms with Crippen molar-refractivity contribution in [2.45, 2.75) is 26.7 Å². The molecule has 0 radical (unpaired) electrons. The predicted molar refractivity (Wildman–Crippen MR) is 77.6 cm³/mol. The first-order valence-corrected chi connectivity index (χ1v) is 8.09. The molecule has 0 amide bonds. The van der Waals surface area contributed by atoms with E-state index >= 15 is 0 Å². The smallest absolute Gasteiger partial charge is 0.213 e. The summed E-state index contributed by atoms with van der Waals surface area (Å²) in [6, 6.07) is 0. The van der Waals surface area contributed by atoms with Crippen molar-refractivity contribution in [3.8, 4) is 0 Å². The van der Waals surface area contributed by atoms with Gasteiger partial charge in [0.15, 0.2) is 0 Å². The molecule has 1 aromatic rings. The topological polar surface area (TPSA) is 102 Å². The van der Waals surface area contributed by atoms with Crippen molar-refractivity contribution in [1.29, 1.82) is 0 Å². The van der Waals surface area contributed by atoms with Crippen LogP contribution in [0.2, 0.25) is 0 Å². The third-order valence-corrected chi connectivity index (χ3v) is 4.14. The van der Waals surface area contributed by atoms with E-state index in [0.717, 1.165) is 18.5 Å². The minimum Gasteiger partial charge on any atom is -0.394 e. The Morgan fingerprint density at radius 2 is 2.05 bits per heavy atom. The van der Waals surface area contributed by atoms with Crippen molar-refractivity contribution < 1.29 is 8.42 Å². The van der Waals surface area contributed by atoms with Crippen molar-refractivity contribution in [3.05, 3.63) is 5.69 Å². The van der Waals surface area contributed by atoms with Crippen LogP contribution in [-0.4, -0.2) is 37.0 Å². The molecule has 0 saturated heterocycles. The monoisotopic (exact) mass is 289 g/mol. The van der Waals surface area contributed by atoms with Gasteiger partial charge in [-0.05, 0) is 6.42 Å². The predicted octanol–water partition coefficient (Wildman–Crippen LogP) is 0.306. The lowest BCUT2D eigenvalue weighted by atomic mass is 10.2. The zero-order valence-electron chi connectivity index (χ0n) is 11.7. The zero-order valence-corrected chi connectivity index (χ0v) is 12.5. The Kier molecular flexibility index (Phi) is 5.61. The molecule has 0 unspecified atom stereocenters. The highest BCUT2D eigenvalue weighted by Crippen LogP contribution is 2.22. The minimum atomic E-state index is -3.21. The summed E-state index contributed by atoms with van der Waals surface area (Å²) in [4.78, 5) is 0. The fourth-order valence-electron chi connectivity index (χ4n) is 1.82. The molecule has 0 fully saturated rings. The average molecular weight is 289 g/mol. The molecular weight excluding hydrogens is 266 g/mol. The van der Waals surface area contributed by atoms with Gasteiger partial charge in [-0.2, -0.15) is 5.10 Å². The summed E-state index contributed by atoms with van der Waals surface area (Å²) >= 11 is 0. The van der Waals surface area contributed by atoms with Gasteiger partial charge >= 0.3 is 0 Å². The Hall–Kier alpha value is -1.28. The van der Waals surface area contributed by atoms with Gasteiger partial charge in [0.1, 0.15) is 5.82 Å². The lowest BCUT2D eigenvalue weighted by molar-refractivity contribution is 0.584.